The lowest BCUT2D eigenvalue weighted by Crippen LogP contribution is -2.14. The van der Waals surface area contributed by atoms with Gasteiger partial charge in [0.2, 0.25) is 0 Å². The summed E-state index contributed by atoms with van der Waals surface area (Å²) in [6, 6.07) is 7.15. The highest BCUT2D eigenvalue weighted by Crippen LogP contribution is 2.43. The summed E-state index contributed by atoms with van der Waals surface area (Å²) in [6.45, 7) is 0. The number of benzene rings is 1. The molecule has 19 heavy (non-hydrogen) atoms. The van der Waals surface area contributed by atoms with E-state index >= 15 is 0 Å². The van der Waals surface area contributed by atoms with Gasteiger partial charge in [-0.2, -0.15) is 0 Å². The normalized spacial score (nSPS) is 22.7. The first kappa shape index (κ1) is 12.2. The molecule has 2 N–H and O–H groups in total. The average Bonchev–Trinajstić information content (AvgIpc) is 2.88. The van der Waals surface area contributed by atoms with Gasteiger partial charge in [0.15, 0.2) is 0 Å². The number of para-hydroxylation sites is 1. The van der Waals surface area contributed by atoms with Crippen LogP contribution in [-0.2, 0) is 4.79 Å². The molecule has 1 fully saturated rings. The Hall–Kier alpha value is -1.82. The SMILES string of the molecule is O=C(O)[C@@H]1CC[C@H](c2nc3ccccc3c(=O)[nH]2)S1. The standard InChI is InChI=1S/C13H12N2O3S/c16-12-7-3-1-2-4-8(7)14-11(15-12)9-5-6-10(19-9)13(17)18/h1-4,9-10H,5-6H2,(H,17,18)(H,14,15,16)/t9-,10+/m1/s1. The summed E-state index contributed by atoms with van der Waals surface area (Å²) in [5.74, 6) is -0.215. The minimum absolute atomic E-state index is 0.0431. The molecule has 3 rings (SSSR count). The zero-order chi connectivity index (χ0) is 13.4. The molecule has 0 bridgehead atoms. The highest BCUT2D eigenvalue weighted by Gasteiger charge is 2.32. The van der Waals surface area contributed by atoms with Crippen LogP contribution in [-0.4, -0.2) is 26.3 Å². The van der Waals surface area contributed by atoms with Crippen LogP contribution in [0, 0.1) is 0 Å². The molecule has 1 saturated heterocycles. The van der Waals surface area contributed by atoms with Gasteiger partial charge < -0.3 is 10.1 Å². The van der Waals surface area contributed by atoms with Gasteiger partial charge in [0, 0.05) is 0 Å². The van der Waals surface area contributed by atoms with Gasteiger partial charge in [-0.05, 0) is 25.0 Å². The van der Waals surface area contributed by atoms with Crippen molar-refractivity contribution in [2.75, 3.05) is 0 Å². The second-order valence-electron chi connectivity index (χ2n) is 4.50. The molecule has 1 aliphatic rings. The molecule has 0 amide bonds. The summed E-state index contributed by atoms with van der Waals surface area (Å²) in [5, 5.41) is 9.11. The summed E-state index contributed by atoms with van der Waals surface area (Å²) < 4.78 is 0. The first-order valence-electron chi connectivity index (χ1n) is 6.02. The van der Waals surface area contributed by atoms with Crippen molar-refractivity contribution in [3.05, 3.63) is 40.4 Å². The van der Waals surface area contributed by atoms with E-state index in [9.17, 15) is 9.59 Å². The molecule has 1 aromatic carbocycles. The Labute approximate surface area is 113 Å². The van der Waals surface area contributed by atoms with Gasteiger partial charge in [0.25, 0.3) is 5.56 Å². The monoisotopic (exact) mass is 276 g/mol. The molecule has 2 atom stereocenters. The molecule has 0 spiro atoms. The number of fused-ring (bicyclic) bond motifs is 1. The van der Waals surface area contributed by atoms with Crippen LogP contribution >= 0.6 is 11.8 Å². The van der Waals surface area contributed by atoms with E-state index in [2.05, 4.69) is 9.97 Å². The van der Waals surface area contributed by atoms with E-state index in [0.29, 0.717) is 23.1 Å². The molecule has 0 aliphatic carbocycles. The number of aromatic amines is 1. The zero-order valence-corrected chi connectivity index (χ0v) is 10.8. The second-order valence-corrected chi connectivity index (χ2v) is 5.91. The number of hydrogen-bond donors (Lipinski definition) is 2. The molecular weight excluding hydrogens is 264 g/mol. The van der Waals surface area contributed by atoms with Crippen molar-refractivity contribution in [3.63, 3.8) is 0 Å². The molecule has 5 nitrogen and oxygen atoms in total. The molecule has 2 heterocycles. The maximum atomic E-state index is 12.0. The van der Waals surface area contributed by atoms with Gasteiger partial charge in [-0.1, -0.05) is 12.1 Å². The van der Waals surface area contributed by atoms with Crippen molar-refractivity contribution in [2.45, 2.75) is 23.3 Å². The van der Waals surface area contributed by atoms with Gasteiger partial charge in [-0.25, -0.2) is 4.98 Å². The van der Waals surface area contributed by atoms with Crippen molar-refractivity contribution in [1.82, 2.24) is 9.97 Å². The van der Waals surface area contributed by atoms with E-state index in [4.69, 9.17) is 5.11 Å². The lowest BCUT2D eigenvalue weighted by molar-refractivity contribution is -0.136. The largest absolute Gasteiger partial charge is 0.480 e. The lowest BCUT2D eigenvalue weighted by atomic mass is 10.2. The number of carbonyl (C=O) groups is 1. The maximum Gasteiger partial charge on any atom is 0.316 e. The van der Waals surface area contributed by atoms with Gasteiger partial charge in [0.05, 0.1) is 16.2 Å². The molecule has 1 aromatic heterocycles. The maximum absolute atomic E-state index is 12.0. The van der Waals surface area contributed by atoms with Crippen LogP contribution in [0.4, 0.5) is 0 Å². The number of carboxylic acids is 1. The summed E-state index contributed by atoms with van der Waals surface area (Å²) in [6.07, 6.45) is 1.34. The van der Waals surface area contributed by atoms with Crippen LogP contribution in [0.5, 0.6) is 0 Å². The van der Waals surface area contributed by atoms with Crippen LogP contribution in [0.3, 0.4) is 0 Å². The van der Waals surface area contributed by atoms with Gasteiger partial charge >= 0.3 is 5.97 Å². The Balaban J connectivity index is 1.98. The molecule has 98 valence electrons. The Kier molecular flexibility index (Phi) is 3.02. The predicted octanol–water partition coefficient (Wildman–Crippen LogP) is 1.94. The van der Waals surface area contributed by atoms with Gasteiger partial charge in [0.1, 0.15) is 11.1 Å². The van der Waals surface area contributed by atoms with Crippen molar-refractivity contribution in [2.24, 2.45) is 0 Å². The zero-order valence-electron chi connectivity index (χ0n) is 10.00. The van der Waals surface area contributed by atoms with E-state index in [1.54, 1.807) is 18.2 Å². The topological polar surface area (TPSA) is 83.0 Å². The molecule has 1 aliphatic heterocycles. The van der Waals surface area contributed by atoms with Crippen molar-refractivity contribution in [1.29, 1.82) is 0 Å². The minimum atomic E-state index is -0.796. The summed E-state index contributed by atoms with van der Waals surface area (Å²) in [7, 11) is 0. The van der Waals surface area contributed by atoms with E-state index < -0.39 is 11.2 Å². The summed E-state index contributed by atoms with van der Waals surface area (Å²) >= 11 is 1.36. The van der Waals surface area contributed by atoms with E-state index in [1.165, 1.54) is 11.8 Å². The smallest absolute Gasteiger partial charge is 0.316 e. The molecule has 0 unspecified atom stereocenters. The average molecular weight is 276 g/mol. The summed E-state index contributed by atoms with van der Waals surface area (Å²) in [4.78, 5) is 30.1. The van der Waals surface area contributed by atoms with Crippen LogP contribution < -0.4 is 5.56 Å². The van der Waals surface area contributed by atoms with Crippen LogP contribution in [0.1, 0.15) is 23.9 Å². The quantitative estimate of drug-likeness (QED) is 0.876. The first-order valence-corrected chi connectivity index (χ1v) is 6.96. The first-order chi connectivity index (χ1) is 9.15. The van der Waals surface area contributed by atoms with Gasteiger partial charge in [-0.15, -0.1) is 11.8 Å². The van der Waals surface area contributed by atoms with Gasteiger partial charge in [-0.3, -0.25) is 9.59 Å². The number of carboxylic acid groups (broad SMARTS) is 1. The highest BCUT2D eigenvalue weighted by molar-refractivity contribution is 8.01. The molecule has 0 saturated carbocycles. The number of aromatic nitrogens is 2. The van der Waals surface area contributed by atoms with E-state index in [0.717, 1.165) is 6.42 Å². The number of nitrogens with zero attached hydrogens (tertiary/aromatic N) is 1. The Morgan fingerprint density at radius 1 is 1.37 bits per heavy atom. The second kappa shape index (κ2) is 4.70. The third kappa shape index (κ3) is 2.23. The van der Waals surface area contributed by atoms with Crippen molar-refractivity contribution >= 4 is 28.6 Å². The molecular formula is C13H12N2O3S. The van der Waals surface area contributed by atoms with E-state index in [-0.39, 0.29) is 10.8 Å². The van der Waals surface area contributed by atoms with Crippen LogP contribution in [0.2, 0.25) is 0 Å². The number of aliphatic carboxylic acids is 1. The molecule has 2 aromatic rings. The number of nitrogens with one attached hydrogen (secondary N) is 1. The van der Waals surface area contributed by atoms with Crippen molar-refractivity contribution < 1.29 is 9.90 Å². The predicted molar refractivity (Wildman–Crippen MR) is 73.4 cm³/mol. The number of H-pyrrole nitrogens is 1. The highest BCUT2D eigenvalue weighted by atomic mass is 32.2. The third-order valence-corrected chi connectivity index (χ3v) is 4.78. The Morgan fingerprint density at radius 2 is 2.16 bits per heavy atom. The van der Waals surface area contributed by atoms with Crippen molar-refractivity contribution in [3.8, 4) is 0 Å². The van der Waals surface area contributed by atoms with E-state index in [1.807, 2.05) is 6.07 Å². The van der Waals surface area contributed by atoms with Crippen LogP contribution in [0.15, 0.2) is 29.1 Å². The fraction of sp³-hybridized carbons (Fsp3) is 0.308. The summed E-state index contributed by atoms with van der Waals surface area (Å²) in [5.41, 5.74) is 0.487. The lowest BCUT2D eigenvalue weighted by Gasteiger charge is -2.09. The Morgan fingerprint density at radius 3 is 2.89 bits per heavy atom. The number of thioether (sulfide) groups is 1. The fourth-order valence-corrected chi connectivity index (χ4v) is 3.57. The third-order valence-electron chi connectivity index (χ3n) is 3.23. The number of rotatable bonds is 2. The molecule has 6 heteroatoms. The Bertz CT molecular complexity index is 698. The minimum Gasteiger partial charge on any atom is -0.480 e. The van der Waals surface area contributed by atoms with Crippen LogP contribution in [0.25, 0.3) is 10.9 Å². The number of hydrogen-bond acceptors (Lipinski definition) is 4. The molecule has 0 radical (unpaired) electrons. The fourth-order valence-electron chi connectivity index (χ4n) is 2.28.